The molecule has 0 aliphatic carbocycles. The van der Waals surface area contributed by atoms with Crippen LogP contribution in [0.25, 0.3) is 6.08 Å². The van der Waals surface area contributed by atoms with Crippen LogP contribution in [0.3, 0.4) is 0 Å². The molecule has 0 fully saturated rings. The second-order valence-corrected chi connectivity index (χ2v) is 5.55. The van der Waals surface area contributed by atoms with Crippen LogP contribution in [0.4, 0.5) is 0 Å². The molecule has 0 heterocycles. The summed E-state index contributed by atoms with van der Waals surface area (Å²) in [6, 6.07) is 17.5. The smallest absolute Gasteiger partial charge is 0.373 e. The SMILES string of the molecule is CCCCO/C(=C\c1ccc(OCc2ccccc2)cc1)C(=O)OC. The van der Waals surface area contributed by atoms with E-state index in [4.69, 9.17) is 14.2 Å². The van der Waals surface area contributed by atoms with Crippen LogP contribution in [0.5, 0.6) is 5.75 Å². The number of carbonyl (C=O) groups excluding carboxylic acids is 1. The van der Waals surface area contributed by atoms with Crippen molar-refractivity contribution in [3.05, 3.63) is 71.5 Å². The van der Waals surface area contributed by atoms with Gasteiger partial charge in [-0.3, -0.25) is 0 Å². The first-order valence-electron chi connectivity index (χ1n) is 8.42. The minimum absolute atomic E-state index is 0.217. The van der Waals surface area contributed by atoms with Gasteiger partial charge in [-0.05, 0) is 35.8 Å². The highest BCUT2D eigenvalue weighted by Gasteiger charge is 2.11. The zero-order valence-electron chi connectivity index (χ0n) is 14.7. The highest BCUT2D eigenvalue weighted by molar-refractivity contribution is 5.91. The van der Waals surface area contributed by atoms with Gasteiger partial charge in [0.15, 0.2) is 0 Å². The average Bonchev–Trinajstić information content (AvgIpc) is 2.67. The zero-order valence-corrected chi connectivity index (χ0v) is 14.7. The first-order chi connectivity index (χ1) is 12.2. The number of ether oxygens (including phenoxy) is 3. The molecule has 0 bridgehead atoms. The Morgan fingerprint density at radius 2 is 1.76 bits per heavy atom. The van der Waals surface area contributed by atoms with Crippen LogP contribution in [0.1, 0.15) is 30.9 Å². The first kappa shape index (κ1) is 18.6. The maximum atomic E-state index is 11.8. The van der Waals surface area contributed by atoms with Crippen molar-refractivity contribution in [2.45, 2.75) is 26.4 Å². The number of rotatable bonds is 9. The summed E-state index contributed by atoms with van der Waals surface area (Å²) < 4.78 is 16.1. The minimum Gasteiger partial charge on any atom is -0.489 e. The van der Waals surface area contributed by atoms with Gasteiger partial charge in [-0.1, -0.05) is 55.8 Å². The lowest BCUT2D eigenvalue weighted by Crippen LogP contribution is -2.09. The minimum atomic E-state index is -0.472. The van der Waals surface area contributed by atoms with Crippen LogP contribution in [-0.2, 0) is 20.9 Å². The number of esters is 1. The molecular formula is C21H24O4. The summed E-state index contributed by atoms with van der Waals surface area (Å²) in [7, 11) is 1.35. The van der Waals surface area contributed by atoms with Gasteiger partial charge < -0.3 is 14.2 Å². The van der Waals surface area contributed by atoms with Crippen molar-refractivity contribution in [3.8, 4) is 5.75 Å². The number of unbranched alkanes of at least 4 members (excludes halogenated alkanes) is 1. The van der Waals surface area contributed by atoms with E-state index in [0.29, 0.717) is 13.2 Å². The third-order valence-corrected chi connectivity index (χ3v) is 3.57. The van der Waals surface area contributed by atoms with Gasteiger partial charge in [0.25, 0.3) is 0 Å². The van der Waals surface area contributed by atoms with E-state index in [1.165, 1.54) is 7.11 Å². The normalized spacial score (nSPS) is 11.0. The Morgan fingerprint density at radius 3 is 2.40 bits per heavy atom. The Labute approximate surface area is 149 Å². The third kappa shape index (κ3) is 6.34. The lowest BCUT2D eigenvalue weighted by molar-refractivity contribution is -0.140. The van der Waals surface area contributed by atoms with Crippen LogP contribution in [-0.4, -0.2) is 19.7 Å². The first-order valence-corrected chi connectivity index (χ1v) is 8.42. The van der Waals surface area contributed by atoms with Crippen molar-refractivity contribution in [3.63, 3.8) is 0 Å². The molecule has 0 aromatic heterocycles. The molecule has 2 rings (SSSR count). The molecule has 0 aliphatic heterocycles. The van der Waals surface area contributed by atoms with Gasteiger partial charge in [-0.15, -0.1) is 0 Å². The van der Waals surface area contributed by atoms with Gasteiger partial charge in [-0.25, -0.2) is 4.79 Å². The Kier molecular flexibility index (Phi) is 7.57. The van der Waals surface area contributed by atoms with Gasteiger partial charge in [0.05, 0.1) is 13.7 Å². The van der Waals surface area contributed by atoms with Gasteiger partial charge >= 0.3 is 5.97 Å². The molecule has 132 valence electrons. The average molecular weight is 340 g/mol. The maximum absolute atomic E-state index is 11.8. The van der Waals surface area contributed by atoms with E-state index >= 15 is 0 Å². The molecule has 0 atom stereocenters. The van der Waals surface area contributed by atoms with E-state index in [1.807, 2.05) is 54.6 Å². The fourth-order valence-electron chi connectivity index (χ4n) is 2.14. The number of methoxy groups -OCH3 is 1. The summed E-state index contributed by atoms with van der Waals surface area (Å²) in [5.41, 5.74) is 1.97. The van der Waals surface area contributed by atoms with E-state index in [1.54, 1.807) is 6.08 Å². The van der Waals surface area contributed by atoms with E-state index < -0.39 is 5.97 Å². The topological polar surface area (TPSA) is 44.8 Å². The maximum Gasteiger partial charge on any atom is 0.373 e. The molecule has 0 unspecified atom stereocenters. The fraction of sp³-hybridized carbons (Fsp3) is 0.286. The van der Waals surface area contributed by atoms with E-state index in [2.05, 4.69) is 6.92 Å². The molecular weight excluding hydrogens is 316 g/mol. The zero-order chi connectivity index (χ0) is 17.9. The predicted octanol–water partition coefficient (Wildman–Crippen LogP) is 4.60. The number of benzene rings is 2. The van der Waals surface area contributed by atoms with E-state index in [9.17, 15) is 4.79 Å². The molecule has 0 N–H and O–H groups in total. The van der Waals surface area contributed by atoms with Gasteiger partial charge in [-0.2, -0.15) is 0 Å². The van der Waals surface area contributed by atoms with Crippen molar-refractivity contribution in [1.29, 1.82) is 0 Å². The fourth-order valence-corrected chi connectivity index (χ4v) is 2.14. The van der Waals surface area contributed by atoms with Crippen molar-refractivity contribution >= 4 is 12.0 Å². The molecule has 0 saturated heterocycles. The van der Waals surface area contributed by atoms with Crippen molar-refractivity contribution < 1.29 is 19.0 Å². The molecule has 0 saturated carbocycles. The highest BCUT2D eigenvalue weighted by Crippen LogP contribution is 2.17. The van der Waals surface area contributed by atoms with Crippen LogP contribution in [0.15, 0.2) is 60.4 Å². The van der Waals surface area contributed by atoms with Crippen LogP contribution in [0.2, 0.25) is 0 Å². The van der Waals surface area contributed by atoms with E-state index in [0.717, 1.165) is 29.7 Å². The standard InChI is InChI=1S/C21H24O4/c1-3-4-14-24-20(21(22)23-2)15-17-10-12-19(13-11-17)25-16-18-8-6-5-7-9-18/h5-13,15H,3-4,14,16H2,1-2H3/b20-15-. The van der Waals surface area contributed by atoms with Crippen molar-refractivity contribution in [2.75, 3.05) is 13.7 Å². The predicted molar refractivity (Wildman–Crippen MR) is 98.1 cm³/mol. The van der Waals surface area contributed by atoms with Crippen molar-refractivity contribution in [1.82, 2.24) is 0 Å². The van der Waals surface area contributed by atoms with Gasteiger partial charge in [0.2, 0.25) is 5.76 Å². The molecule has 0 radical (unpaired) electrons. The molecule has 25 heavy (non-hydrogen) atoms. The summed E-state index contributed by atoms with van der Waals surface area (Å²) in [4.78, 5) is 11.8. The molecule has 0 amide bonds. The highest BCUT2D eigenvalue weighted by atomic mass is 16.6. The summed E-state index contributed by atoms with van der Waals surface area (Å²) in [5.74, 6) is 0.516. The molecule has 4 nitrogen and oxygen atoms in total. The van der Waals surface area contributed by atoms with Gasteiger partial charge in [0, 0.05) is 0 Å². The van der Waals surface area contributed by atoms with Gasteiger partial charge in [0.1, 0.15) is 12.4 Å². The summed E-state index contributed by atoms with van der Waals surface area (Å²) >= 11 is 0. The summed E-state index contributed by atoms with van der Waals surface area (Å²) in [6.45, 7) is 3.08. The molecule has 2 aromatic rings. The largest absolute Gasteiger partial charge is 0.489 e. The Morgan fingerprint density at radius 1 is 1.04 bits per heavy atom. The lowest BCUT2D eigenvalue weighted by atomic mass is 10.2. The monoisotopic (exact) mass is 340 g/mol. The molecule has 4 heteroatoms. The summed E-state index contributed by atoms with van der Waals surface area (Å²) in [5, 5.41) is 0. The Hall–Kier alpha value is -2.75. The van der Waals surface area contributed by atoms with Crippen LogP contribution < -0.4 is 4.74 Å². The Bertz CT molecular complexity index is 675. The molecule has 2 aromatic carbocycles. The molecule has 0 spiro atoms. The second kappa shape index (κ2) is 10.2. The quantitative estimate of drug-likeness (QED) is 0.290. The lowest BCUT2D eigenvalue weighted by Gasteiger charge is -2.09. The van der Waals surface area contributed by atoms with Crippen LogP contribution >= 0.6 is 0 Å². The number of hydrogen-bond acceptors (Lipinski definition) is 4. The Balaban J connectivity index is 1.99. The number of hydrogen-bond donors (Lipinski definition) is 0. The molecule has 0 aliphatic rings. The van der Waals surface area contributed by atoms with E-state index in [-0.39, 0.29) is 5.76 Å². The number of carbonyl (C=O) groups is 1. The second-order valence-electron chi connectivity index (χ2n) is 5.55. The van der Waals surface area contributed by atoms with Crippen LogP contribution in [0, 0.1) is 0 Å². The third-order valence-electron chi connectivity index (χ3n) is 3.57. The summed E-state index contributed by atoms with van der Waals surface area (Å²) in [6.07, 6.45) is 3.57. The van der Waals surface area contributed by atoms with Crippen molar-refractivity contribution in [2.24, 2.45) is 0 Å².